The average Bonchev–Trinajstić information content (AvgIpc) is 2.98. The largest absolute Gasteiger partial charge is 0.0851 e. The van der Waals surface area contributed by atoms with Gasteiger partial charge in [0.05, 0.1) is 0 Å². The summed E-state index contributed by atoms with van der Waals surface area (Å²) in [4.78, 5) is 0. The molecule has 3 atom stereocenters. The van der Waals surface area contributed by atoms with Gasteiger partial charge in [0.2, 0.25) is 0 Å². The Morgan fingerprint density at radius 2 is 2.00 bits per heavy atom. The smallest absolute Gasteiger partial charge is 0.00243 e. The molecular formula is C20H26. The highest BCUT2D eigenvalue weighted by molar-refractivity contribution is 5.45. The van der Waals surface area contributed by atoms with Crippen LogP contribution >= 0.6 is 0 Å². The Labute approximate surface area is 123 Å². The number of fused-ring (bicyclic) bond motifs is 5. The van der Waals surface area contributed by atoms with E-state index in [-0.39, 0.29) is 5.41 Å². The predicted octanol–water partition coefficient (Wildman–Crippen LogP) is 5.15. The lowest BCUT2D eigenvalue weighted by atomic mass is 9.62. The summed E-state index contributed by atoms with van der Waals surface area (Å²) in [6.45, 7) is 6.98. The molecule has 0 heterocycles. The maximum atomic E-state index is 2.53. The molecule has 0 saturated heterocycles. The lowest BCUT2D eigenvalue weighted by Gasteiger charge is -2.41. The monoisotopic (exact) mass is 266 g/mol. The maximum Gasteiger partial charge on any atom is 0.00243 e. The van der Waals surface area contributed by atoms with E-state index in [9.17, 15) is 0 Å². The quantitative estimate of drug-likeness (QED) is 0.569. The van der Waals surface area contributed by atoms with Gasteiger partial charge in [-0.25, -0.2) is 0 Å². The molecule has 3 unspecified atom stereocenters. The normalized spacial score (nSPS) is 34.8. The fourth-order valence-electron chi connectivity index (χ4n) is 5.03. The van der Waals surface area contributed by atoms with Crippen LogP contribution in [0.1, 0.15) is 63.1 Å². The zero-order valence-corrected chi connectivity index (χ0v) is 13.1. The van der Waals surface area contributed by atoms with Crippen LogP contribution in [0.25, 0.3) is 0 Å². The molecule has 0 heteroatoms. The van der Waals surface area contributed by atoms with E-state index in [1.54, 1.807) is 11.1 Å². The Bertz CT molecular complexity index is 572. The minimum Gasteiger partial charge on any atom is -0.0851 e. The minimum atomic E-state index is 0.272. The first-order chi connectivity index (χ1) is 9.49. The van der Waals surface area contributed by atoms with E-state index in [1.807, 2.05) is 0 Å². The molecule has 1 aromatic carbocycles. The van der Waals surface area contributed by atoms with Crippen molar-refractivity contribution in [1.29, 1.82) is 0 Å². The first kappa shape index (κ1) is 12.7. The predicted molar refractivity (Wildman–Crippen MR) is 85.1 cm³/mol. The lowest BCUT2D eigenvalue weighted by molar-refractivity contribution is 0.303. The molecule has 3 aliphatic carbocycles. The highest BCUT2D eigenvalue weighted by Gasteiger charge is 2.50. The highest BCUT2D eigenvalue weighted by atomic mass is 14.5. The minimum absolute atomic E-state index is 0.272. The number of hydrogen-bond donors (Lipinski definition) is 0. The van der Waals surface area contributed by atoms with Crippen molar-refractivity contribution in [3.05, 3.63) is 47.0 Å². The summed E-state index contributed by atoms with van der Waals surface area (Å²) in [7, 11) is 0. The van der Waals surface area contributed by atoms with Crippen molar-refractivity contribution in [2.75, 3.05) is 0 Å². The van der Waals surface area contributed by atoms with Crippen LogP contribution in [0.15, 0.2) is 30.4 Å². The second-order valence-electron chi connectivity index (χ2n) is 8.32. The van der Waals surface area contributed by atoms with E-state index in [2.05, 4.69) is 51.1 Å². The molecule has 106 valence electrons. The van der Waals surface area contributed by atoms with E-state index in [0.29, 0.717) is 5.41 Å². The molecule has 1 spiro atoms. The Morgan fingerprint density at radius 3 is 2.65 bits per heavy atom. The molecule has 0 aliphatic heterocycles. The topological polar surface area (TPSA) is 0 Å². The summed E-state index contributed by atoms with van der Waals surface area (Å²) in [5, 5.41) is 0. The van der Waals surface area contributed by atoms with Crippen molar-refractivity contribution in [3.63, 3.8) is 0 Å². The van der Waals surface area contributed by atoms with Gasteiger partial charge in [-0.05, 0) is 66.0 Å². The molecule has 0 nitrogen and oxygen atoms in total. The van der Waals surface area contributed by atoms with Crippen LogP contribution in [0, 0.1) is 11.8 Å². The lowest BCUT2D eigenvalue weighted by Crippen LogP contribution is -2.35. The van der Waals surface area contributed by atoms with Crippen LogP contribution in [0.3, 0.4) is 0 Å². The van der Waals surface area contributed by atoms with E-state index in [1.165, 1.54) is 37.7 Å². The Morgan fingerprint density at radius 1 is 1.15 bits per heavy atom. The van der Waals surface area contributed by atoms with Crippen molar-refractivity contribution in [2.24, 2.45) is 11.8 Å². The molecule has 0 amide bonds. The van der Waals surface area contributed by atoms with Crippen LogP contribution < -0.4 is 0 Å². The van der Waals surface area contributed by atoms with Gasteiger partial charge in [-0.1, -0.05) is 51.1 Å². The summed E-state index contributed by atoms with van der Waals surface area (Å²) in [6, 6.07) is 7.41. The van der Waals surface area contributed by atoms with Gasteiger partial charge < -0.3 is 0 Å². The van der Waals surface area contributed by atoms with Crippen LogP contribution in [0.5, 0.6) is 0 Å². The summed E-state index contributed by atoms with van der Waals surface area (Å²) < 4.78 is 0. The zero-order valence-electron chi connectivity index (χ0n) is 13.1. The van der Waals surface area contributed by atoms with Gasteiger partial charge in [-0.3, -0.25) is 0 Å². The van der Waals surface area contributed by atoms with Gasteiger partial charge in [-0.2, -0.15) is 0 Å². The van der Waals surface area contributed by atoms with Crippen molar-refractivity contribution in [1.82, 2.24) is 0 Å². The van der Waals surface area contributed by atoms with Crippen LogP contribution in [-0.4, -0.2) is 0 Å². The van der Waals surface area contributed by atoms with Gasteiger partial charge >= 0.3 is 0 Å². The molecule has 2 bridgehead atoms. The fourth-order valence-corrected chi connectivity index (χ4v) is 5.03. The third kappa shape index (κ3) is 1.66. The molecule has 20 heavy (non-hydrogen) atoms. The Kier molecular flexibility index (Phi) is 2.53. The summed E-state index contributed by atoms with van der Waals surface area (Å²) in [6.07, 6.45) is 11.9. The van der Waals surface area contributed by atoms with Crippen molar-refractivity contribution in [3.8, 4) is 0 Å². The first-order valence-corrected chi connectivity index (χ1v) is 8.31. The molecule has 3 aliphatic rings. The molecule has 0 aromatic heterocycles. The van der Waals surface area contributed by atoms with Crippen molar-refractivity contribution < 1.29 is 0 Å². The van der Waals surface area contributed by atoms with Gasteiger partial charge in [0, 0.05) is 5.41 Å². The van der Waals surface area contributed by atoms with Crippen LogP contribution in [0.4, 0.5) is 0 Å². The van der Waals surface area contributed by atoms with E-state index in [0.717, 1.165) is 11.8 Å². The summed E-state index contributed by atoms with van der Waals surface area (Å²) in [5.41, 5.74) is 5.64. The SMILES string of the molecule is CC(C)(C)c1ccc2c(c1)CCCC21CC2C=CC1C2. The van der Waals surface area contributed by atoms with Gasteiger partial charge in [0.25, 0.3) is 0 Å². The highest BCUT2D eigenvalue weighted by Crippen LogP contribution is 2.58. The molecule has 1 aromatic rings. The van der Waals surface area contributed by atoms with Crippen LogP contribution in [-0.2, 0) is 17.3 Å². The average molecular weight is 266 g/mol. The Hall–Kier alpha value is -1.04. The molecule has 0 N–H and O–H groups in total. The zero-order chi connectivity index (χ0) is 14.0. The molecular weight excluding hydrogens is 240 g/mol. The number of rotatable bonds is 0. The number of allylic oxidation sites excluding steroid dienone is 2. The second kappa shape index (κ2) is 4.00. The molecule has 4 rings (SSSR count). The maximum absolute atomic E-state index is 2.53. The Balaban J connectivity index is 1.81. The number of aryl methyl sites for hydroxylation is 1. The third-order valence-corrected chi connectivity index (χ3v) is 6.09. The number of hydrogen-bond acceptors (Lipinski definition) is 0. The second-order valence-corrected chi connectivity index (χ2v) is 8.32. The van der Waals surface area contributed by atoms with Crippen LogP contribution in [0.2, 0.25) is 0 Å². The van der Waals surface area contributed by atoms with Gasteiger partial charge in [0.15, 0.2) is 0 Å². The fraction of sp³-hybridized carbons (Fsp3) is 0.600. The molecule has 0 radical (unpaired) electrons. The molecule has 1 fully saturated rings. The van der Waals surface area contributed by atoms with Crippen molar-refractivity contribution in [2.45, 2.75) is 63.7 Å². The van der Waals surface area contributed by atoms with E-state index >= 15 is 0 Å². The third-order valence-electron chi connectivity index (χ3n) is 6.09. The van der Waals surface area contributed by atoms with E-state index < -0.39 is 0 Å². The molecule has 1 saturated carbocycles. The standard InChI is InChI=1S/C20H26/c1-19(2,3)16-8-9-18-15(12-16)5-4-10-20(18)13-14-6-7-17(20)11-14/h6-9,12,14,17H,4-5,10-11,13H2,1-3H3. The summed E-state index contributed by atoms with van der Waals surface area (Å²) >= 11 is 0. The van der Waals surface area contributed by atoms with Gasteiger partial charge in [0.1, 0.15) is 0 Å². The van der Waals surface area contributed by atoms with Gasteiger partial charge in [-0.15, -0.1) is 0 Å². The van der Waals surface area contributed by atoms with Crippen molar-refractivity contribution >= 4 is 0 Å². The van der Waals surface area contributed by atoms with E-state index in [4.69, 9.17) is 0 Å². The number of benzene rings is 1. The first-order valence-electron chi connectivity index (χ1n) is 8.31. The summed E-state index contributed by atoms with van der Waals surface area (Å²) in [5.74, 6) is 1.69.